The van der Waals surface area contributed by atoms with Crippen molar-refractivity contribution in [3.05, 3.63) is 29.8 Å². The van der Waals surface area contributed by atoms with Crippen molar-refractivity contribution in [2.24, 2.45) is 5.92 Å². The van der Waals surface area contributed by atoms with Gasteiger partial charge in [0, 0.05) is 25.6 Å². The second-order valence-corrected chi connectivity index (χ2v) is 8.63. The number of hydrogen-bond acceptors (Lipinski definition) is 4. The summed E-state index contributed by atoms with van der Waals surface area (Å²) in [7, 11) is 0.129. The van der Waals surface area contributed by atoms with Crippen LogP contribution in [0.25, 0.3) is 0 Å². The van der Waals surface area contributed by atoms with E-state index in [1.807, 2.05) is 4.90 Å². The molecule has 24 heavy (non-hydrogen) atoms. The van der Waals surface area contributed by atoms with E-state index in [4.69, 9.17) is 0 Å². The fourth-order valence-electron chi connectivity index (χ4n) is 3.74. The van der Waals surface area contributed by atoms with Gasteiger partial charge in [-0.15, -0.1) is 0 Å². The minimum atomic E-state index is -3.40. The van der Waals surface area contributed by atoms with Gasteiger partial charge >= 0.3 is 0 Å². The highest BCUT2D eigenvalue weighted by Crippen LogP contribution is 2.30. The van der Waals surface area contributed by atoms with Crippen molar-refractivity contribution in [3.8, 4) is 0 Å². The van der Waals surface area contributed by atoms with Gasteiger partial charge in [0.25, 0.3) is 0 Å². The smallest absolute Gasteiger partial charge is 0.240 e. The number of amides is 1. The number of carbonyl (C=O) groups excluding carboxylic acids is 1. The number of sulfonamides is 1. The Morgan fingerprint density at radius 2 is 1.96 bits per heavy atom. The number of nitrogens with zero attached hydrogens (tertiary/aromatic N) is 2. The third kappa shape index (κ3) is 3.48. The molecule has 132 valence electrons. The Bertz CT molecular complexity index is 702. The van der Waals surface area contributed by atoms with Crippen LogP contribution in [0.4, 0.5) is 0 Å². The highest BCUT2D eigenvalue weighted by Gasteiger charge is 2.40. The van der Waals surface area contributed by atoms with Gasteiger partial charge in [0.05, 0.1) is 4.90 Å². The number of rotatable bonds is 5. The maximum absolute atomic E-state index is 12.4. The number of likely N-dealkylation sites (tertiary alicyclic amines) is 2. The lowest BCUT2D eigenvalue weighted by Gasteiger charge is -2.20. The average Bonchev–Trinajstić information content (AvgIpc) is 3.15. The summed E-state index contributed by atoms with van der Waals surface area (Å²) >= 11 is 0. The molecule has 7 heteroatoms. The summed E-state index contributed by atoms with van der Waals surface area (Å²) in [5.41, 5.74) is 0.981. The molecule has 6 nitrogen and oxygen atoms in total. The standard InChI is InChI=1S/C17H25N3O3S/c1-18-24(22,23)15-6-3-13(4-7-15)5-8-17(21)20-11-14-9-10-19(2)16(14)12-20/h3-4,6-7,14,16,18H,5,8-12H2,1-2H3. The molecule has 2 unspecified atom stereocenters. The molecule has 0 radical (unpaired) electrons. The third-order valence-corrected chi connectivity index (χ3v) is 6.74. The van der Waals surface area contributed by atoms with Crippen LogP contribution in [0, 0.1) is 5.92 Å². The van der Waals surface area contributed by atoms with Gasteiger partial charge in [-0.3, -0.25) is 4.79 Å². The number of carbonyl (C=O) groups is 1. The minimum Gasteiger partial charge on any atom is -0.341 e. The van der Waals surface area contributed by atoms with Crippen LogP contribution in [0.3, 0.4) is 0 Å². The number of aryl methyl sites for hydroxylation is 1. The first-order chi connectivity index (χ1) is 11.4. The molecule has 3 rings (SSSR count). The van der Waals surface area contributed by atoms with Crippen molar-refractivity contribution >= 4 is 15.9 Å². The van der Waals surface area contributed by atoms with E-state index in [0.717, 1.165) is 25.2 Å². The van der Waals surface area contributed by atoms with Crippen LogP contribution in [0.15, 0.2) is 29.2 Å². The first-order valence-electron chi connectivity index (χ1n) is 8.41. The lowest BCUT2D eigenvalue weighted by molar-refractivity contribution is -0.130. The SMILES string of the molecule is CNS(=O)(=O)c1ccc(CCC(=O)N2CC3CCN(C)C3C2)cc1. The maximum Gasteiger partial charge on any atom is 0.240 e. The zero-order chi connectivity index (χ0) is 17.3. The van der Waals surface area contributed by atoms with E-state index in [2.05, 4.69) is 16.7 Å². The van der Waals surface area contributed by atoms with Crippen molar-refractivity contribution in [1.29, 1.82) is 0 Å². The van der Waals surface area contributed by atoms with E-state index in [0.29, 0.717) is 24.8 Å². The summed E-state index contributed by atoms with van der Waals surface area (Å²) in [5.74, 6) is 0.828. The van der Waals surface area contributed by atoms with Crippen LogP contribution in [0.2, 0.25) is 0 Å². The Kier molecular flexibility index (Phi) is 4.94. The highest BCUT2D eigenvalue weighted by molar-refractivity contribution is 7.89. The summed E-state index contributed by atoms with van der Waals surface area (Å²) in [6.45, 7) is 2.87. The predicted molar refractivity (Wildman–Crippen MR) is 92.1 cm³/mol. The molecule has 1 amide bonds. The van der Waals surface area contributed by atoms with E-state index in [1.165, 1.54) is 13.5 Å². The Morgan fingerprint density at radius 3 is 2.58 bits per heavy atom. The van der Waals surface area contributed by atoms with E-state index in [1.54, 1.807) is 24.3 Å². The van der Waals surface area contributed by atoms with Crippen molar-refractivity contribution in [2.75, 3.05) is 33.7 Å². The van der Waals surface area contributed by atoms with Crippen LogP contribution in [0.5, 0.6) is 0 Å². The molecule has 2 aliphatic rings. The Morgan fingerprint density at radius 1 is 1.25 bits per heavy atom. The summed E-state index contributed by atoms with van der Waals surface area (Å²) in [4.78, 5) is 17.0. The largest absolute Gasteiger partial charge is 0.341 e. The highest BCUT2D eigenvalue weighted by atomic mass is 32.2. The number of fused-ring (bicyclic) bond motifs is 1. The fourth-order valence-corrected chi connectivity index (χ4v) is 4.47. The average molecular weight is 351 g/mol. The molecule has 0 aliphatic carbocycles. The number of likely N-dealkylation sites (N-methyl/N-ethyl adjacent to an activating group) is 1. The molecule has 1 N–H and O–H groups in total. The molecule has 1 aromatic rings. The molecule has 2 heterocycles. The summed E-state index contributed by atoms with van der Waals surface area (Å²) in [5, 5.41) is 0. The molecule has 0 spiro atoms. The number of benzene rings is 1. The van der Waals surface area contributed by atoms with Gasteiger partial charge in [-0.05, 0) is 57.1 Å². The zero-order valence-electron chi connectivity index (χ0n) is 14.2. The Labute approximate surface area is 143 Å². The topological polar surface area (TPSA) is 69.7 Å². The molecule has 2 fully saturated rings. The molecule has 0 aromatic heterocycles. The lowest BCUT2D eigenvalue weighted by Crippen LogP contribution is -2.35. The molecule has 2 aliphatic heterocycles. The van der Waals surface area contributed by atoms with Gasteiger partial charge in [0.1, 0.15) is 0 Å². The van der Waals surface area contributed by atoms with E-state index in [-0.39, 0.29) is 10.8 Å². The molecule has 2 atom stereocenters. The summed E-state index contributed by atoms with van der Waals surface area (Å²) in [6.07, 6.45) is 2.30. The monoisotopic (exact) mass is 351 g/mol. The van der Waals surface area contributed by atoms with Crippen molar-refractivity contribution in [2.45, 2.75) is 30.2 Å². The summed E-state index contributed by atoms with van der Waals surface area (Å²) in [6, 6.07) is 7.26. The van der Waals surface area contributed by atoms with Gasteiger partial charge in [0.15, 0.2) is 0 Å². The second-order valence-electron chi connectivity index (χ2n) is 6.75. The van der Waals surface area contributed by atoms with Gasteiger partial charge in [-0.25, -0.2) is 13.1 Å². The number of hydrogen-bond donors (Lipinski definition) is 1. The molecule has 0 saturated carbocycles. The van der Waals surface area contributed by atoms with Crippen molar-refractivity contribution in [3.63, 3.8) is 0 Å². The van der Waals surface area contributed by atoms with E-state index >= 15 is 0 Å². The van der Waals surface area contributed by atoms with Crippen molar-refractivity contribution < 1.29 is 13.2 Å². The van der Waals surface area contributed by atoms with Gasteiger partial charge in [-0.1, -0.05) is 12.1 Å². The van der Waals surface area contributed by atoms with Gasteiger partial charge < -0.3 is 9.80 Å². The summed E-state index contributed by atoms with van der Waals surface area (Å²) < 4.78 is 25.7. The first kappa shape index (κ1) is 17.4. The molecular formula is C17H25N3O3S. The third-order valence-electron chi connectivity index (χ3n) is 5.31. The van der Waals surface area contributed by atoms with Crippen LogP contribution < -0.4 is 4.72 Å². The van der Waals surface area contributed by atoms with Crippen molar-refractivity contribution in [1.82, 2.24) is 14.5 Å². The molecule has 1 aromatic carbocycles. The first-order valence-corrected chi connectivity index (χ1v) is 9.89. The normalized spacial score (nSPS) is 24.3. The predicted octanol–water partition coefficient (Wildman–Crippen LogP) is 0.690. The molecule has 0 bridgehead atoms. The van der Waals surface area contributed by atoms with Crippen LogP contribution in [0.1, 0.15) is 18.4 Å². The Balaban J connectivity index is 1.54. The quantitative estimate of drug-likeness (QED) is 0.847. The fraction of sp³-hybridized carbons (Fsp3) is 0.588. The zero-order valence-corrected chi connectivity index (χ0v) is 15.1. The maximum atomic E-state index is 12.4. The van der Waals surface area contributed by atoms with E-state index in [9.17, 15) is 13.2 Å². The van der Waals surface area contributed by atoms with Gasteiger partial charge in [-0.2, -0.15) is 0 Å². The van der Waals surface area contributed by atoms with Gasteiger partial charge in [0.2, 0.25) is 15.9 Å². The van der Waals surface area contributed by atoms with Crippen LogP contribution >= 0.6 is 0 Å². The van der Waals surface area contributed by atoms with Crippen LogP contribution in [-0.4, -0.2) is 63.9 Å². The lowest BCUT2D eigenvalue weighted by atomic mass is 10.1. The number of nitrogens with one attached hydrogen (secondary N) is 1. The molecule has 2 saturated heterocycles. The van der Waals surface area contributed by atoms with E-state index < -0.39 is 10.0 Å². The second kappa shape index (κ2) is 6.82. The Hall–Kier alpha value is -1.44. The van der Waals surface area contributed by atoms with Crippen LogP contribution in [-0.2, 0) is 21.2 Å². The molecular weight excluding hydrogens is 326 g/mol. The minimum absolute atomic E-state index is 0.199.